The minimum atomic E-state index is 0.775. The minimum absolute atomic E-state index is 0.775. The molecule has 0 amide bonds. The van der Waals surface area contributed by atoms with E-state index in [2.05, 4.69) is 24.0 Å². The highest BCUT2D eigenvalue weighted by atomic mass is 15.1. The highest BCUT2D eigenvalue weighted by Gasteiger charge is 2.15. The lowest BCUT2D eigenvalue weighted by atomic mass is 9.99. The molecule has 1 aromatic carbocycles. The van der Waals surface area contributed by atoms with E-state index in [0.717, 1.165) is 31.5 Å². The molecule has 0 unspecified atom stereocenters. The molecule has 15 heavy (non-hydrogen) atoms. The maximum Gasteiger partial charge on any atom is 0.0992 e. The lowest BCUT2D eigenvalue weighted by molar-refractivity contribution is 0.681. The van der Waals surface area contributed by atoms with Crippen LogP contribution >= 0.6 is 0 Å². The summed E-state index contributed by atoms with van der Waals surface area (Å²) in [4.78, 5) is 2.40. The van der Waals surface area contributed by atoms with E-state index in [0.29, 0.717) is 0 Å². The number of fused-ring (bicyclic) bond motifs is 1. The Morgan fingerprint density at radius 1 is 1.47 bits per heavy atom. The fraction of sp³-hybridized carbons (Fsp3) is 0.462. The zero-order valence-electron chi connectivity index (χ0n) is 9.16. The molecule has 2 nitrogen and oxygen atoms in total. The van der Waals surface area contributed by atoms with E-state index in [1.54, 1.807) is 0 Å². The topological polar surface area (TPSA) is 27.0 Å². The van der Waals surface area contributed by atoms with Gasteiger partial charge in [-0.3, -0.25) is 0 Å². The summed E-state index contributed by atoms with van der Waals surface area (Å²) in [6, 6.07) is 8.28. The van der Waals surface area contributed by atoms with Gasteiger partial charge in [-0.15, -0.1) is 0 Å². The highest BCUT2D eigenvalue weighted by Crippen LogP contribution is 2.28. The Labute approximate surface area is 91.1 Å². The van der Waals surface area contributed by atoms with Crippen molar-refractivity contribution in [1.82, 2.24) is 0 Å². The molecule has 0 atom stereocenters. The van der Waals surface area contributed by atoms with E-state index in [-0.39, 0.29) is 0 Å². The van der Waals surface area contributed by atoms with Gasteiger partial charge in [0.05, 0.1) is 11.6 Å². The monoisotopic (exact) mass is 200 g/mol. The quantitative estimate of drug-likeness (QED) is 0.734. The molecule has 0 saturated carbocycles. The van der Waals surface area contributed by atoms with Gasteiger partial charge in [0.25, 0.3) is 0 Å². The lowest BCUT2D eigenvalue weighted by Gasteiger charge is -2.31. The Bertz CT molecular complexity index is 390. The Morgan fingerprint density at radius 2 is 2.33 bits per heavy atom. The van der Waals surface area contributed by atoms with Gasteiger partial charge in [-0.25, -0.2) is 0 Å². The van der Waals surface area contributed by atoms with E-state index in [9.17, 15) is 0 Å². The van der Waals surface area contributed by atoms with E-state index in [1.165, 1.54) is 17.7 Å². The SMILES string of the molecule is CCCN1CCCc2ccc(C#N)cc21. The Balaban J connectivity index is 2.36. The summed E-state index contributed by atoms with van der Waals surface area (Å²) in [5.74, 6) is 0. The molecule has 1 aliphatic rings. The minimum Gasteiger partial charge on any atom is -0.371 e. The van der Waals surface area contributed by atoms with E-state index >= 15 is 0 Å². The molecule has 0 bridgehead atoms. The molecule has 78 valence electrons. The number of hydrogen-bond donors (Lipinski definition) is 0. The maximum absolute atomic E-state index is 8.89. The predicted octanol–water partition coefficient (Wildman–Crippen LogP) is 2.72. The van der Waals surface area contributed by atoms with Crippen LogP contribution in [-0.4, -0.2) is 13.1 Å². The second-order valence-corrected chi connectivity index (χ2v) is 4.05. The van der Waals surface area contributed by atoms with Crippen LogP contribution in [0.2, 0.25) is 0 Å². The van der Waals surface area contributed by atoms with Crippen LogP contribution in [0.5, 0.6) is 0 Å². The number of nitriles is 1. The summed E-state index contributed by atoms with van der Waals surface area (Å²) < 4.78 is 0. The van der Waals surface area contributed by atoms with Crippen LogP contribution in [0.25, 0.3) is 0 Å². The van der Waals surface area contributed by atoms with E-state index < -0.39 is 0 Å². The first-order valence-corrected chi connectivity index (χ1v) is 5.63. The molecule has 1 aliphatic heterocycles. The number of hydrogen-bond acceptors (Lipinski definition) is 2. The number of benzene rings is 1. The zero-order valence-corrected chi connectivity index (χ0v) is 9.16. The van der Waals surface area contributed by atoms with Gasteiger partial charge in [0.2, 0.25) is 0 Å². The number of nitrogens with zero attached hydrogens (tertiary/aromatic N) is 2. The van der Waals surface area contributed by atoms with Crippen molar-refractivity contribution in [2.75, 3.05) is 18.0 Å². The molecule has 0 radical (unpaired) electrons. The first-order chi connectivity index (χ1) is 7.35. The molecule has 2 rings (SSSR count). The normalized spacial score (nSPS) is 14.5. The first-order valence-electron chi connectivity index (χ1n) is 5.63. The maximum atomic E-state index is 8.89. The van der Waals surface area contributed by atoms with Crippen molar-refractivity contribution < 1.29 is 0 Å². The van der Waals surface area contributed by atoms with Crippen LogP contribution in [0.1, 0.15) is 30.9 Å². The van der Waals surface area contributed by atoms with E-state index in [1.807, 2.05) is 12.1 Å². The Kier molecular flexibility index (Phi) is 2.91. The van der Waals surface area contributed by atoms with Crippen LogP contribution in [0.4, 0.5) is 5.69 Å². The van der Waals surface area contributed by atoms with Crippen molar-refractivity contribution in [3.63, 3.8) is 0 Å². The van der Waals surface area contributed by atoms with Gasteiger partial charge in [-0.1, -0.05) is 13.0 Å². The van der Waals surface area contributed by atoms with Crippen LogP contribution < -0.4 is 4.90 Å². The standard InChI is InChI=1S/C13H16N2/c1-2-7-15-8-3-4-12-6-5-11(10-14)9-13(12)15/h5-6,9H,2-4,7-8H2,1H3. The summed E-state index contributed by atoms with van der Waals surface area (Å²) in [5.41, 5.74) is 3.45. The van der Waals surface area contributed by atoms with Gasteiger partial charge in [-0.05, 0) is 37.0 Å². The number of rotatable bonds is 2. The van der Waals surface area contributed by atoms with Crippen LogP contribution in [-0.2, 0) is 6.42 Å². The van der Waals surface area contributed by atoms with Gasteiger partial charge in [0.1, 0.15) is 0 Å². The Hall–Kier alpha value is -1.49. The van der Waals surface area contributed by atoms with Gasteiger partial charge < -0.3 is 4.90 Å². The second kappa shape index (κ2) is 4.35. The van der Waals surface area contributed by atoms with Gasteiger partial charge in [0.15, 0.2) is 0 Å². The van der Waals surface area contributed by atoms with Crippen molar-refractivity contribution in [2.24, 2.45) is 0 Å². The molecule has 0 saturated heterocycles. The fourth-order valence-electron chi connectivity index (χ4n) is 2.22. The largest absolute Gasteiger partial charge is 0.371 e. The third kappa shape index (κ3) is 1.97. The third-order valence-corrected chi connectivity index (χ3v) is 2.92. The number of aryl methyl sites for hydroxylation is 1. The second-order valence-electron chi connectivity index (χ2n) is 4.05. The van der Waals surface area contributed by atoms with Crippen molar-refractivity contribution in [2.45, 2.75) is 26.2 Å². The molecule has 0 aliphatic carbocycles. The smallest absolute Gasteiger partial charge is 0.0992 e. The summed E-state index contributed by atoms with van der Waals surface area (Å²) in [6.45, 7) is 4.43. The summed E-state index contributed by atoms with van der Waals surface area (Å²) in [7, 11) is 0. The average Bonchev–Trinajstić information content (AvgIpc) is 2.29. The Morgan fingerprint density at radius 3 is 3.07 bits per heavy atom. The lowest BCUT2D eigenvalue weighted by Crippen LogP contribution is -2.30. The summed E-state index contributed by atoms with van der Waals surface area (Å²) >= 11 is 0. The van der Waals surface area contributed by atoms with Crippen molar-refractivity contribution in [3.8, 4) is 6.07 Å². The van der Waals surface area contributed by atoms with Crippen molar-refractivity contribution in [3.05, 3.63) is 29.3 Å². The predicted molar refractivity (Wildman–Crippen MR) is 62.0 cm³/mol. The van der Waals surface area contributed by atoms with Crippen molar-refractivity contribution >= 4 is 5.69 Å². The first kappa shape index (κ1) is 10.0. The molecular weight excluding hydrogens is 184 g/mol. The van der Waals surface area contributed by atoms with Crippen LogP contribution in [0.3, 0.4) is 0 Å². The average molecular weight is 200 g/mol. The molecule has 2 heteroatoms. The molecule has 0 fully saturated rings. The highest BCUT2D eigenvalue weighted by molar-refractivity contribution is 5.59. The van der Waals surface area contributed by atoms with Gasteiger partial charge in [-0.2, -0.15) is 5.26 Å². The molecule has 0 spiro atoms. The van der Waals surface area contributed by atoms with E-state index in [4.69, 9.17) is 5.26 Å². The molecular formula is C13H16N2. The molecule has 1 heterocycles. The van der Waals surface area contributed by atoms with Crippen molar-refractivity contribution in [1.29, 1.82) is 5.26 Å². The zero-order chi connectivity index (χ0) is 10.7. The molecule has 1 aromatic rings. The van der Waals surface area contributed by atoms with Crippen LogP contribution in [0.15, 0.2) is 18.2 Å². The third-order valence-electron chi connectivity index (χ3n) is 2.92. The molecule has 0 N–H and O–H groups in total. The number of anilines is 1. The van der Waals surface area contributed by atoms with Crippen LogP contribution in [0, 0.1) is 11.3 Å². The van der Waals surface area contributed by atoms with Gasteiger partial charge >= 0.3 is 0 Å². The summed E-state index contributed by atoms with van der Waals surface area (Å²) in [6.07, 6.45) is 3.55. The fourth-order valence-corrected chi connectivity index (χ4v) is 2.22. The molecule has 0 aromatic heterocycles. The van der Waals surface area contributed by atoms with Gasteiger partial charge in [0, 0.05) is 18.8 Å². The summed E-state index contributed by atoms with van der Waals surface area (Å²) in [5, 5.41) is 8.89.